The molecular weight excluding hydrogens is 721 g/mol. The summed E-state index contributed by atoms with van der Waals surface area (Å²) >= 11 is 1.89. The monoisotopic (exact) mass is 756 g/mol. The highest BCUT2D eigenvalue weighted by Gasteiger charge is 2.49. The predicted molar refractivity (Wildman–Crippen MR) is 242 cm³/mol. The summed E-state index contributed by atoms with van der Waals surface area (Å²) in [6.45, 7) is 0. The van der Waals surface area contributed by atoms with Gasteiger partial charge in [-0.3, -0.25) is 0 Å². The quantitative estimate of drug-likeness (QED) is 0.173. The molecule has 10 aromatic rings. The fourth-order valence-electron chi connectivity index (χ4n) is 9.76. The first kappa shape index (κ1) is 33.1. The van der Waals surface area contributed by atoms with Gasteiger partial charge in [0.2, 0.25) is 0 Å². The molecule has 0 aliphatic carbocycles. The highest BCUT2D eigenvalue weighted by Crippen LogP contribution is 2.60. The van der Waals surface area contributed by atoms with E-state index in [9.17, 15) is 0 Å². The molecule has 9 aromatic carbocycles. The van der Waals surface area contributed by atoms with Gasteiger partial charge in [-0.05, 0) is 111 Å². The van der Waals surface area contributed by atoms with Crippen LogP contribution in [0.3, 0.4) is 0 Å². The van der Waals surface area contributed by atoms with Crippen LogP contribution >= 0.6 is 11.8 Å². The van der Waals surface area contributed by atoms with E-state index in [-0.39, 0.29) is 0 Å². The van der Waals surface area contributed by atoms with Crippen molar-refractivity contribution in [1.82, 2.24) is 4.57 Å². The highest BCUT2D eigenvalue weighted by atomic mass is 32.2. The van der Waals surface area contributed by atoms with Crippen LogP contribution in [0.1, 0.15) is 22.3 Å². The van der Waals surface area contributed by atoms with E-state index in [1.165, 1.54) is 81.8 Å². The second-order valence-electron chi connectivity index (χ2n) is 15.3. The minimum Gasteiger partial charge on any atom is -0.311 e. The van der Waals surface area contributed by atoms with E-state index < -0.39 is 5.41 Å². The molecule has 1 spiro atoms. The first-order valence-corrected chi connectivity index (χ1v) is 20.7. The lowest BCUT2D eigenvalue weighted by Crippen LogP contribution is -2.37. The fourth-order valence-corrected chi connectivity index (χ4v) is 10.9. The largest absolute Gasteiger partial charge is 0.311 e. The van der Waals surface area contributed by atoms with Crippen LogP contribution in [0.15, 0.2) is 228 Å². The number of hydrogen-bond donors (Lipinski definition) is 0. The minimum absolute atomic E-state index is 0.497. The van der Waals surface area contributed by atoms with Crippen molar-refractivity contribution in [3.63, 3.8) is 0 Å². The molecule has 1 aromatic heterocycles. The predicted octanol–water partition coefficient (Wildman–Crippen LogP) is 14.7. The molecule has 3 heterocycles. The molecular formula is C55H36N2S. The number of hydrogen-bond acceptors (Lipinski definition) is 2. The van der Waals surface area contributed by atoms with E-state index in [0.717, 1.165) is 17.1 Å². The van der Waals surface area contributed by atoms with Crippen molar-refractivity contribution in [2.24, 2.45) is 0 Å². The van der Waals surface area contributed by atoms with Gasteiger partial charge in [-0.1, -0.05) is 163 Å². The van der Waals surface area contributed by atoms with Crippen molar-refractivity contribution in [3.8, 4) is 27.9 Å². The molecule has 272 valence electrons. The maximum Gasteiger partial charge on any atom is 0.0764 e. The standard InChI is InChI=1S/C55H36N2S/c1-3-14-41(15-4-1)56(42-16-5-2-6-17-42)43-33-30-38(31-34-43)37-26-28-39(29-27-37)40-32-35-53-49(36-40)55(47-21-9-12-25-52(47)58-53)46-20-8-11-24-51(46)57-50-23-10-7-18-44(50)45-19-13-22-48(55)54(45)57/h1-36H. The first-order valence-electron chi connectivity index (χ1n) is 19.9. The second kappa shape index (κ2) is 13.0. The third-order valence-electron chi connectivity index (χ3n) is 12.2. The average molecular weight is 757 g/mol. The third kappa shape index (κ3) is 4.81. The number of aromatic nitrogens is 1. The molecule has 1 unspecified atom stereocenters. The first-order chi connectivity index (χ1) is 28.8. The topological polar surface area (TPSA) is 8.17 Å². The van der Waals surface area contributed by atoms with Crippen LogP contribution in [0.5, 0.6) is 0 Å². The van der Waals surface area contributed by atoms with Crippen LogP contribution in [0.25, 0.3) is 49.7 Å². The Balaban J connectivity index is 0.979. The van der Waals surface area contributed by atoms with Crippen molar-refractivity contribution < 1.29 is 0 Å². The van der Waals surface area contributed by atoms with E-state index in [1.807, 2.05) is 11.8 Å². The summed E-state index contributed by atoms with van der Waals surface area (Å²) < 4.78 is 2.51. The Morgan fingerprint density at radius 3 is 1.62 bits per heavy atom. The molecule has 0 saturated carbocycles. The number of rotatable bonds is 5. The summed E-state index contributed by atoms with van der Waals surface area (Å²) in [6.07, 6.45) is 0. The van der Waals surface area contributed by atoms with E-state index in [0.29, 0.717) is 0 Å². The molecule has 12 rings (SSSR count). The van der Waals surface area contributed by atoms with Gasteiger partial charge < -0.3 is 9.47 Å². The number of benzene rings is 9. The van der Waals surface area contributed by atoms with Crippen LogP contribution in [-0.4, -0.2) is 4.57 Å². The van der Waals surface area contributed by atoms with E-state index in [2.05, 4.69) is 228 Å². The normalized spacial score (nSPS) is 14.9. The summed E-state index contributed by atoms with van der Waals surface area (Å²) in [7, 11) is 0. The second-order valence-corrected chi connectivity index (χ2v) is 16.3. The third-order valence-corrected chi connectivity index (χ3v) is 13.4. The zero-order valence-electron chi connectivity index (χ0n) is 31.6. The Labute approximate surface area is 342 Å². The summed E-state index contributed by atoms with van der Waals surface area (Å²) in [5.74, 6) is 0. The number of nitrogens with zero attached hydrogens (tertiary/aromatic N) is 2. The number of para-hydroxylation sites is 5. The van der Waals surface area contributed by atoms with Gasteiger partial charge in [0.1, 0.15) is 0 Å². The lowest BCUT2D eigenvalue weighted by molar-refractivity contribution is 0.690. The van der Waals surface area contributed by atoms with Crippen molar-refractivity contribution in [2.75, 3.05) is 4.90 Å². The number of anilines is 3. The molecule has 1 atom stereocenters. The lowest BCUT2D eigenvalue weighted by atomic mass is 9.62. The van der Waals surface area contributed by atoms with Gasteiger partial charge in [0.05, 0.1) is 22.1 Å². The maximum absolute atomic E-state index is 2.51. The molecule has 3 heteroatoms. The van der Waals surface area contributed by atoms with Crippen LogP contribution in [-0.2, 0) is 5.41 Å². The molecule has 0 bridgehead atoms. The van der Waals surface area contributed by atoms with Gasteiger partial charge in [0.25, 0.3) is 0 Å². The average Bonchev–Trinajstić information content (AvgIpc) is 3.64. The Hall–Kier alpha value is -7.07. The van der Waals surface area contributed by atoms with Crippen LogP contribution in [0.2, 0.25) is 0 Å². The fraction of sp³-hybridized carbons (Fsp3) is 0.0182. The Bertz CT molecular complexity index is 3140. The Morgan fingerprint density at radius 2 is 0.879 bits per heavy atom. The van der Waals surface area contributed by atoms with Gasteiger partial charge in [0, 0.05) is 37.6 Å². The molecule has 0 N–H and O–H groups in total. The molecule has 2 aliphatic rings. The molecule has 0 radical (unpaired) electrons. The summed E-state index contributed by atoms with van der Waals surface area (Å²) in [5.41, 5.74) is 16.8. The zero-order chi connectivity index (χ0) is 38.2. The molecule has 2 nitrogen and oxygen atoms in total. The molecule has 58 heavy (non-hydrogen) atoms. The molecule has 0 saturated heterocycles. The van der Waals surface area contributed by atoms with Gasteiger partial charge in [-0.25, -0.2) is 0 Å². The Morgan fingerprint density at radius 1 is 0.362 bits per heavy atom. The molecule has 0 amide bonds. The zero-order valence-corrected chi connectivity index (χ0v) is 32.4. The van der Waals surface area contributed by atoms with Gasteiger partial charge in [0.15, 0.2) is 0 Å². The van der Waals surface area contributed by atoms with E-state index in [1.54, 1.807) is 0 Å². The minimum atomic E-state index is -0.497. The summed E-state index contributed by atoms with van der Waals surface area (Å²) in [6, 6.07) is 80.3. The van der Waals surface area contributed by atoms with Gasteiger partial charge >= 0.3 is 0 Å². The number of fused-ring (bicyclic) bond motifs is 11. The van der Waals surface area contributed by atoms with Crippen LogP contribution in [0.4, 0.5) is 17.1 Å². The molecule has 2 aliphatic heterocycles. The van der Waals surface area contributed by atoms with E-state index >= 15 is 0 Å². The van der Waals surface area contributed by atoms with Crippen molar-refractivity contribution >= 4 is 50.6 Å². The maximum atomic E-state index is 2.51. The van der Waals surface area contributed by atoms with Crippen LogP contribution in [0, 0.1) is 0 Å². The van der Waals surface area contributed by atoms with Gasteiger partial charge in [-0.15, -0.1) is 0 Å². The van der Waals surface area contributed by atoms with Crippen LogP contribution < -0.4 is 4.90 Å². The highest BCUT2D eigenvalue weighted by molar-refractivity contribution is 7.99. The van der Waals surface area contributed by atoms with Crippen molar-refractivity contribution in [3.05, 3.63) is 241 Å². The SMILES string of the molecule is c1ccc(N(c2ccccc2)c2ccc(-c3ccc(-c4ccc5c(c4)C4(c6ccccc6S5)c5ccccc5-n5c6ccccc6c6cccc4c65)cc3)cc2)cc1. The lowest BCUT2D eigenvalue weighted by Gasteiger charge is -2.45. The van der Waals surface area contributed by atoms with Gasteiger partial charge in [-0.2, -0.15) is 0 Å². The summed E-state index contributed by atoms with van der Waals surface area (Å²) in [4.78, 5) is 4.91. The molecule has 0 fully saturated rings. The van der Waals surface area contributed by atoms with Crippen molar-refractivity contribution in [2.45, 2.75) is 15.2 Å². The van der Waals surface area contributed by atoms with Crippen molar-refractivity contribution in [1.29, 1.82) is 0 Å². The Kier molecular flexibility index (Phi) is 7.41. The van der Waals surface area contributed by atoms with E-state index in [4.69, 9.17) is 0 Å². The summed E-state index contributed by atoms with van der Waals surface area (Å²) in [5, 5.41) is 2.59. The smallest absolute Gasteiger partial charge is 0.0764 e.